The number of phenols is 1. The number of hydrogen-bond donors (Lipinski definition) is 2. The Hall–Kier alpha value is -1.92. The number of piperazine rings is 1. The summed E-state index contributed by atoms with van der Waals surface area (Å²) in [6.07, 6.45) is 0.407. The first kappa shape index (κ1) is 19.8. The van der Waals surface area contributed by atoms with E-state index in [-0.39, 0.29) is 5.91 Å². The van der Waals surface area contributed by atoms with Gasteiger partial charge >= 0.3 is 0 Å². The van der Waals surface area contributed by atoms with E-state index < -0.39 is 0 Å². The summed E-state index contributed by atoms with van der Waals surface area (Å²) < 4.78 is 0. The van der Waals surface area contributed by atoms with Crippen LogP contribution in [0.5, 0.6) is 5.75 Å². The zero-order chi connectivity index (χ0) is 19.6. The lowest BCUT2D eigenvalue weighted by atomic mass is 9.95. The number of rotatable bonds is 5. The van der Waals surface area contributed by atoms with Crippen molar-refractivity contribution < 1.29 is 14.8 Å². The summed E-state index contributed by atoms with van der Waals surface area (Å²) in [6, 6.07) is 4.05. The second kappa shape index (κ2) is 8.40. The minimum atomic E-state index is 0.170. The maximum atomic E-state index is 12.5. The number of nitrogens with one attached hydrogen (secondary N) is 1. The molecule has 2 aromatic rings. The van der Waals surface area contributed by atoms with Crippen LogP contribution in [0.15, 0.2) is 17.5 Å². The molecule has 0 bridgehead atoms. The number of amides is 1. The standard InChI is InChI=1S/C21H29N3O2S/c1-14(2)18-10-17(19(25)9-15(18)3)12-23-5-7-24(8-6-23)21(26)11-20-22-16(4)13-27-20/h9-10,13-14,25H,5-8,11-12H2,1-4H3/p+1. The van der Waals surface area contributed by atoms with Crippen molar-refractivity contribution in [1.82, 2.24) is 9.88 Å². The number of hydrogen-bond acceptors (Lipinski definition) is 4. The Labute approximate surface area is 165 Å². The molecule has 1 aliphatic rings. The van der Waals surface area contributed by atoms with Gasteiger partial charge in [0.25, 0.3) is 0 Å². The molecule has 146 valence electrons. The first-order chi connectivity index (χ1) is 12.8. The van der Waals surface area contributed by atoms with Crippen LogP contribution in [0.2, 0.25) is 0 Å². The van der Waals surface area contributed by atoms with E-state index in [2.05, 4.69) is 31.8 Å². The number of aromatic hydroxyl groups is 1. The lowest BCUT2D eigenvalue weighted by Gasteiger charge is -2.32. The van der Waals surface area contributed by atoms with Crippen molar-refractivity contribution in [2.45, 2.75) is 46.6 Å². The number of benzene rings is 1. The topological polar surface area (TPSA) is 57.9 Å². The molecular weight excluding hydrogens is 358 g/mol. The SMILES string of the molecule is Cc1csc(CC(=O)N2CC[NH+](Cc3cc(C(C)C)c(C)cc3O)CC2)n1. The lowest BCUT2D eigenvalue weighted by Crippen LogP contribution is -3.13. The molecule has 0 radical (unpaired) electrons. The normalized spacial score (nSPS) is 15.5. The molecule has 6 heteroatoms. The molecule has 0 aliphatic carbocycles. The van der Waals surface area contributed by atoms with E-state index >= 15 is 0 Å². The number of quaternary nitrogens is 1. The number of aromatic nitrogens is 1. The highest BCUT2D eigenvalue weighted by molar-refractivity contribution is 7.09. The number of thiazole rings is 1. The molecule has 1 amide bonds. The first-order valence-corrected chi connectivity index (χ1v) is 10.6. The summed E-state index contributed by atoms with van der Waals surface area (Å²) in [5.41, 5.74) is 4.44. The molecule has 0 unspecified atom stereocenters. The monoisotopic (exact) mass is 388 g/mol. The van der Waals surface area contributed by atoms with E-state index in [1.54, 1.807) is 11.3 Å². The van der Waals surface area contributed by atoms with Gasteiger partial charge in [-0.2, -0.15) is 0 Å². The zero-order valence-electron chi connectivity index (χ0n) is 16.7. The maximum absolute atomic E-state index is 12.5. The fourth-order valence-electron chi connectivity index (χ4n) is 3.76. The van der Waals surface area contributed by atoms with E-state index in [1.165, 1.54) is 10.5 Å². The van der Waals surface area contributed by atoms with Crippen molar-refractivity contribution in [3.8, 4) is 5.75 Å². The molecule has 1 aromatic carbocycles. The van der Waals surface area contributed by atoms with Gasteiger partial charge in [-0.15, -0.1) is 11.3 Å². The Morgan fingerprint density at radius 2 is 2.00 bits per heavy atom. The van der Waals surface area contributed by atoms with Crippen LogP contribution < -0.4 is 4.90 Å². The zero-order valence-corrected chi connectivity index (χ0v) is 17.5. The van der Waals surface area contributed by atoms with Crippen LogP contribution in [0.25, 0.3) is 0 Å². The molecule has 2 heterocycles. The molecule has 5 nitrogen and oxygen atoms in total. The molecule has 1 aromatic heterocycles. The average Bonchev–Trinajstić information content (AvgIpc) is 3.02. The van der Waals surface area contributed by atoms with Gasteiger partial charge in [-0.05, 0) is 43.0 Å². The number of aryl methyl sites for hydroxylation is 2. The van der Waals surface area contributed by atoms with Crippen molar-refractivity contribution in [2.24, 2.45) is 0 Å². The Morgan fingerprint density at radius 3 is 2.59 bits per heavy atom. The molecule has 27 heavy (non-hydrogen) atoms. The average molecular weight is 389 g/mol. The predicted octanol–water partition coefficient (Wildman–Crippen LogP) is 2.06. The van der Waals surface area contributed by atoms with Crippen LogP contribution >= 0.6 is 11.3 Å². The minimum absolute atomic E-state index is 0.170. The first-order valence-electron chi connectivity index (χ1n) is 9.68. The van der Waals surface area contributed by atoms with Crippen molar-refractivity contribution in [3.63, 3.8) is 0 Å². The Kier molecular flexibility index (Phi) is 6.17. The molecule has 3 rings (SSSR count). The van der Waals surface area contributed by atoms with Crippen LogP contribution in [0.1, 0.15) is 47.2 Å². The minimum Gasteiger partial charge on any atom is -0.507 e. The third-order valence-corrected chi connectivity index (χ3v) is 6.29. The molecule has 0 spiro atoms. The highest BCUT2D eigenvalue weighted by Gasteiger charge is 2.25. The summed E-state index contributed by atoms with van der Waals surface area (Å²) in [5.74, 6) is 1.01. The number of phenolic OH excluding ortho intramolecular Hbond substituents is 1. The van der Waals surface area contributed by atoms with Gasteiger partial charge in [-0.3, -0.25) is 4.79 Å². The van der Waals surface area contributed by atoms with Crippen LogP contribution in [0, 0.1) is 13.8 Å². The predicted molar refractivity (Wildman–Crippen MR) is 108 cm³/mol. The van der Waals surface area contributed by atoms with E-state index in [4.69, 9.17) is 0 Å². The third-order valence-electron chi connectivity index (χ3n) is 5.32. The van der Waals surface area contributed by atoms with E-state index in [9.17, 15) is 9.90 Å². The van der Waals surface area contributed by atoms with E-state index in [0.29, 0.717) is 18.1 Å². The fourth-order valence-corrected chi connectivity index (χ4v) is 4.53. The second-order valence-electron chi connectivity index (χ2n) is 7.86. The van der Waals surface area contributed by atoms with Crippen molar-refractivity contribution in [3.05, 3.63) is 44.9 Å². The van der Waals surface area contributed by atoms with Gasteiger partial charge in [-0.1, -0.05) is 13.8 Å². The smallest absolute Gasteiger partial charge is 0.229 e. The molecule has 0 atom stereocenters. The van der Waals surface area contributed by atoms with Crippen molar-refractivity contribution in [2.75, 3.05) is 26.2 Å². The summed E-state index contributed by atoms with van der Waals surface area (Å²) in [4.78, 5) is 20.3. The van der Waals surface area contributed by atoms with E-state index in [0.717, 1.165) is 54.6 Å². The van der Waals surface area contributed by atoms with Gasteiger partial charge in [0.05, 0.1) is 32.6 Å². The second-order valence-corrected chi connectivity index (χ2v) is 8.80. The fraction of sp³-hybridized carbons (Fsp3) is 0.524. The Bertz CT molecular complexity index is 808. The maximum Gasteiger partial charge on any atom is 0.229 e. The molecule has 1 fully saturated rings. The highest BCUT2D eigenvalue weighted by Crippen LogP contribution is 2.26. The van der Waals surface area contributed by atoms with Crippen LogP contribution in [0.4, 0.5) is 0 Å². The molecule has 0 saturated carbocycles. The largest absolute Gasteiger partial charge is 0.507 e. The number of carbonyl (C=O) groups is 1. The van der Waals surface area contributed by atoms with Gasteiger partial charge in [0.1, 0.15) is 17.3 Å². The van der Waals surface area contributed by atoms with Crippen LogP contribution in [-0.4, -0.2) is 47.1 Å². The van der Waals surface area contributed by atoms with Crippen LogP contribution in [-0.2, 0) is 17.8 Å². The third kappa shape index (κ3) is 4.87. The Morgan fingerprint density at radius 1 is 1.30 bits per heavy atom. The van der Waals surface area contributed by atoms with Gasteiger partial charge in [-0.25, -0.2) is 4.98 Å². The van der Waals surface area contributed by atoms with Crippen molar-refractivity contribution in [1.29, 1.82) is 0 Å². The summed E-state index contributed by atoms with van der Waals surface area (Å²) in [6.45, 7) is 12.5. The van der Waals surface area contributed by atoms with E-state index in [1.807, 2.05) is 23.3 Å². The summed E-state index contributed by atoms with van der Waals surface area (Å²) in [7, 11) is 0. The van der Waals surface area contributed by atoms with Gasteiger partial charge in [0, 0.05) is 16.6 Å². The highest BCUT2D eigenvalue weighted by atomic mass is 32.1. The Balaban J connectivity index is 1.56. The van der Waals surface area contributed by atoms with Crippen LogP contribution in [0.3, 0.4) is 0 Å². The quantitative estimate of drug-likeness (QED) is 0.824. The molecular formula is C21H30N3O2S+. The van der Waals surface area contributed by atoms with Gasteiger partial charge < -0.3 is 14.9 Å². The lowest BCUT2D eigenvalue weighted by molar-refractivity contribution is -0.917. The molecule has 1 aliphatic heterocycles. The summed E-state index contributed by atoms with van der Waals surface area (Å²) >= 11 is 1.56. The molecule has 1 saturated heterocycles. The summed E-state index contributed by atoms with van der Waals surface area (Å²) in [5, 5.41) is 13.2. The number of carbonyl (C=O) groups excluding carboxylic acids is 1. The molecule has 2 N–H and O–H groups in total. The van der Waals surface area contributed by atoms with Gasteiger partial charge in [0.15, 0.2) is 0 Å². The van der Waals surface area contributed by atoms with Crippen molar-refractivity contribution >= 4 is 17.2 Å². The van der Waals surface area contributed by atoms with Gasteiger partial charge in [0.2, 0.25) is 5.91 Å². The number of nitrogens with zero attached hydrogens (tertiary/aromatic N) is 2.